The molecule has 3 rings (SSSR count). The second-order valence-electron chi connectivity index (χ2n) is 4.66. The zero-order chi connectivity index (χ0) is 15.7. The molecule has 0 spiro atoms. The summed E-state index contributed by atoms with van der Waals surface area (Å²) >= 11 is 0. The second kappa shape index (κ2) is 5.36. The first-order valence-electron chi connectivity index (χ1n) is 6.43. The lowest BCUT2D eigenvalue weighted by Crippen LogP contribution is -2.21. The monoisotopic (exact) mass is 299 g/mol. The number of nitro groups is 1. The SMILES string of the molecule is O=C1Nc2ccc([N+](=O)[O-])cc2C(c2ccccc2)=NC1F. The number of benzene rings is 2. The van der Waals surface area contributed by atoms with Crippen molar-refractivity contribution in [2.24, 2.45) is 4.99 Å². The summed E-state index contributed by atoms with van der Waals surface area (Å²) < 4.78 is 13.9. The molecule has 0 aromatic heterocycles. The number of rotatable bonds is 2. The van der Waals surface area contributed by atoms with Crippen molar-refractivity contribution in [3.63, 3.8) is 0 Å². The van der Waals surface area contributed by atoms with Gasteiger partial charge in [0.15, 0.2) is 0 Å². The van der Waals surface area contributed by atoms with Crippen LogP contribution < -0.4 is 5.32 Å². The fourth-order valence-electron chi connectivity index (χ4n) is 2.21. The van der Waals surface area contributed by atoms with Crippen LogP contribution in [0.1, 0.15) is 11.1 Å². The van der Waals surface area contributed by atoms with Crippen LogP contribution in [-0.4, -0.2) is 22.8 Å². The Hall–Kier alpha value is -3.09. The average molecular weight is 299 g/mol. The van der Waals surface area contributed by atoms with E-state index in [1.54, 1.807) is 30.3 Å². The molecule has 110 valence electrons. The lowest BCUT2D eigenvalue weighted by atomic mass is 10.00. The molecule has 22 heavy (non-hydrogen) atoms. The first kappa shape index (κ1) is 13.9. The third kappa shape index (κ3) is 2.44. The molecule has 0 saturated heterocycles. The van der Waals surface area contributed by atoms with Crippen LogP contribution >= 0.6 is 0 Å². The van der Waals surface area contributed by atoms with Gasteiger partial charge in [-0.15, -0.1) is 0 Å². The van der Waals surface area contributed by atoms with Crippen molar-refractivity contribution in [2.45, 2.75) is 6.30 Å². The maximum absolute atomic E-state index is 13.9. The number of aliphatic imine (C=N–C) groups is 1. The third-order valence-corrected chi connectivity index (χ3v) is 3.23. The van der Waals surface area contributed by atoms with Crippen molar-refractivity contribution in [1.82, 2.24) is 0 Å². The molecule has 2 aromatic carbocycles. The van der Waals surface area contributed by atoms with Crippen molar-refractivity contribution in [3.8, 4) is 0 Å². The van der Waals surface area contributed by atoms with Gasteiger partial charge >= 0.3 is 0 Å². The number of non-ortho nitro benzene ring substituents is 1. The van der Waals surface area contributed by atoms with Crippen LogP contribution in [0.5, 0.6) is 0 Å². The Bertz CT molecular complexity index is 790. The van der Waals surface area contributed by atoms with Gasteiger partial charge in [0, 0.05) is 23.3 Å². The normalized spacial score (nSPS) is 17.0. The molecular weight excluding hydrogens is 289 g/mol. The minimum absolute atomic E-state index is 0.158. The summed E-state index contributed by atoms with van der Waals surface area (Å²) in [5.41, 5.74) is 1.22. The van der Waals surface area contributed by atoms with Gasteiger partial charge in [0.05, 0.1) is 16.3 Å². The van der Waals surface area contributed by atoms with Gasteiger partial charge in [-0.2, -0.15) is 0 Å². The fourth-order valence-corrected chi connectivity index (χ4v) is 2.21. The van der Waals surface area contributed by atoms with E-state index in [1.165, 1.54) is 18.2 Å². The molecule has 6 nitrogen and oxygen atoms in total. The van der Waals surface area contributed by atoms with E-state index in [1.807, 2.05) is 0 Å². The number of carbonyl (C=O) groups is 1. The largest absolute Gasteiger partial charge is 0.321 e. The standard InChI is InChI=1S/C15H10FN3O3/c16-14-15(20)17-12-7-6-10(19(21)22)8-11(12)13(18-14)9-4-2-1-3-5-9/h1-8,14H,(H,17,20). The molecule has 1 unspecified atom stereocenters. The van der Waals surface area contributed by atoms with Gasteiger partial charge < -0.3 is 5.32 Å². The molecule has 1 aliphatic rings. The van der Waals surface area contributed by atoms with E-state index in [4.69, 9.17) is 0 Å². The Morgan fingerprint density at radius 3 is 2.59 bits per heavy atom. The molecule has 1 heterocycles. The van der Waals surface area contributed by atoms with Gasteiger partial charge in [-0.25, -0.2) is 9.38 Å². The number of nitro benzene ring substituents is 1. The van der Waals surface area contributed by atoms with E-state index in [0.29, 0.717) is 16.8 Å². The number of hydrogen-bond acceptors (Lipinski definition) is 4. The summed E-state index contributed by atoms with van der Waals surface area (Å²) in [5.74, 6) is -0.902. The van der Waals surface area contributed by atoms with Crippen LogP contribution in [-0.2, 0) is 4.79 Å². The Kier molecular flexibility index (Phi) is 3.38. The molecule has 1 aliphatic heterocycles. The summed E-state index contributed by atoms with van der Waals surface area (Å²) in [4.78, 5) is 25.8. The number of anilines is 1. The predicted octanol–water partition coefficient (Wildman–Crippen LogP) is 2.68. The van der Waals surface area contributed by atoms with E-state index < -0.39 is 17.1 Å². The molecule has 1 amide bonds. The van der Waals surface area contributed by atoms with E-state index >= 15 is 0 Å². The zero-order valence-electron chi connectivity index (χ0n) is 11.2. The summed E-state index contributed by atoms with van der Waals surface area (Å²) in [6.07, 6.45) is -2.07. The van der Waals surface area contributed by atoms with Crippen molar-refractivity contribution in [3.05, 3.63) is 69.8 Å². The van der Waals surface area contributed by atoms with Crippen molar-refractivity contribution < 1.29 is 14.1 Å². The van der Waals surface area contributed by atoms with Crippen LogP contribution in [0, 0.1) is 10.1 Å². The average Bonchev–Trinajstić information content (AvgIpc) is 2.65. The zero-order valence-corrected chi connectivity index (χ0v) is 11.2. The highest BCUT2D eigenvalue weighted by molar-refractivity contribution is 6.19. The topological polar surface area (TPSA) is 84.6 Å². The minimum Gasteiger partial charge on any atom is -0.321 e. The van der Waals surface area contributed by atoms with Crippen molar-refractivity contribution in [2.75, 3.05) is 5.32 Å². The Labute approximate surface area is 124 Å². The quantitative estimate of drug-likeness (QED) is 0.525. The van der Waals surface area contributed by atoms with Crippen LogP contribution in [0.15, 0.2) is 53.5 Å². The molecular formula is C15H10FN3O3. The summed E-state index contributed by atoms with van der Waals surface area (Å²) in [6.45, 7) is 0. The fraction of sp³-hybridized carbons (Fsp3) is 0.0667. The van der Waals surface area contributed by atoms with Gasteiger partial charge in [-0.05, 0) is 6.07 Å². The number of fused-ring (bicyclic) bond motifs is 1. The maximum Gasteiger partial charge on any atom is 0.281 e. The van der Waals surface area contributed by atoms with Gasteiger partial charge in [0.25, 0.3) is 17.9 Å². The molecule has 7 heteroatoms. The Morgan fingerprint density at radius 1 is 1.18 bits per heavy atom. The van der Waals surface area contributed by atoms with Crippen molar-refractivity contribution in [1.29, 1.82) is 0 Å². The van der Waals surface area contributed by atoms with Gasteiger partial charge in [-0.3, -0.25) is 14.9 Å². The van der Waals surface area contributed by atoms with Crippen molar-refractivity contribution >= 4 is 23.0 Å². The lowest BCUT2D eigenvalue weighted by molar-refractivity contribution is -0.384. The lowest BCUT2D eigenvalue weighted by Gasteiger charge is -2.09. The maximum atomic E-state index is 13.9. The predicted molar refractivity (Wildman–Crippen MR) is 78.7 cm³/mol. The number of halogens is 1. The van der Waals surface area contributed by atoms with E-state index in [2.05, 4.69) is 10.3 Å². The number of nitrogens with one attached hydrogen (secondary N) is 1. The van der Waals surface area contributed by atoms with Gasteiger partial charge in [0.1, 0.15) is 0 Å². The number of hydrogen-bond donors (Lipinski definition) is 1. The highest BCUT2D eigenvalue weighted by atomic mass is 19.1. The van der Waals surface area contributed by atoms with Gasteiger partial charge in [-0.1, -0.05) is 30.3 Å². The molecule has 0 fully saturated rings. The Balaban J connectivity index is 2.24. The molecule has 0 bridgehead atoms. The van der Waals surface area contributed by atoms with E-state index in [9.17, 15) is 19.3 Å². The summed E-state index contributed by atoms with van der Waals surface area (Å²) in [5, 5.41) is 13.3. The molecule has 1 N–H and O–H groups in total. The van der Waals surface area contributed by atoms with Crippen LogP contribution in [0.4, 0.5) is 15.8 Å². The number of amides is 1. The first-order valence-corrected chi connectivity index (χ1v) is 6.43. The molecule has 0 saturated carbocycles. The highest BCUT2D eigenvalue weighted by Gasteiger charge is 2.26. The molecule has 2 aromatic rings. The van der Waals surface area contributed by atoms with Crippen LogP contribution in [0.2, 0.25) is 0 Å². The summed E-state index contributed by atoms with van der Waals surface area (Å²) in [6, 6.07) is 12.6. The third-order valence-electron chi connectivity index (χ3n) is 3.23. The molecule has 0 radical (unpaired) electrons. The molecule has 1 atom stereocenters. The summed E-state index contributed by atoms with van der Waals surface area (Å²) in [7, 11) is 0. The van der Waals surface area contributed by atoms with E-state index in [-0.39, 0.29) is 11.4 Å². The Morgan fingerprint density at radius 2 is 1.91 bits per heavy atom. The number of nitrogens with zero attached hydrogens (tertiary/aromatic N) is 2. The highest BCUT2D eigenvalue weighted by Crippen LogP contribution is 2.28. The molecule has 0 aliphatic carbocycles. The number of alkyl halides is 1. The smallest absolute Gasteiger partial charge is 0.281 e. The number of carbonyl (C=O) groups excluding carboxylic acids is 1. The number of benzodiazepines with no additional fused rings is 1. The first-order chi connectivity index (χ1) is 10.6. The van der Waals surface area contributed by atoms with Crippen LogP contribution in [0.3, 0.4) is 0 Å². The van der Waals surface area contributed by atoms with Gasteiger partial charge in [0.2, 0.25) is 0 Å². The van der Waals surface area contributed by atoms with Crippen LogP contribution in [0.25, 0.3) is 0 Å². The second-order valence-corrected chi connectivity index (χ2v) is 4.66. The minimum atomic E-state index is -2.07. The van der Waals surface area contributed by atoms with E-state index in [0.717, 1.165) is 0 Å².